The van der Waals surface area contributed by atoms with Gasteiger partial charge in [0.25, 0.3) is 5.56 Å². The molecule has 1 atom stereocenters. The van der Waals surface area contributed by atoms with Gasteiger partial charge in [0.15, 0.2) is 11.9 Å². The SMILES string of the molecule is CCOC(=O)[C@H](C)Oc1c(I)cc(C=Nn2c(-c3cc(C(C)C)c(OCC)cc3C)nc3ccccc3c2=O)cc1I. The molecule has 4 rings (SSSR count). The Kier molecular flexibility index (Phi) is 10.6. The Morgan fingerprint density at radius 2 is 1.74 bits per heavy atom. The van der Waals surface area contributed by atoms with Crippen molar-refractivity contribution in [1.29, 1.82) is 0 Å². The molecule has 0 fully saturated rings. The third-order valence-corrected chi connectivity index (χ3v) is 8.13. The zero-order valence-electron chi connectivity index (χ0n) is 24.4. The molecular weight excluding hydrogens is 760 g/mol. The molecule has 0 unspecified atom stereocenters. The van der Waals surface area contributed by atoms with Gasteiger partial charge in [-0.3, -0.25) is 4.79 Å². The molecule has 1 aromatic heterocycles. The number of fused-ring (bicyclic) bond motifs is 1. The lowest BCUT2D eigenvalue weighted by atomic mass is 9.96. The lowest BCUT2D eigenvalue weighted by Crippen LogP contribution is -2.26. The van der Waals surface area contributed by atoms with Crippen molar-refractivity contribution < 1.29 is 19.0 Å². The smallest absolute Gasteiger partial charge is 0.347 e. The van der Waals surface area contributed by atoms with Crippen LogP contribution in [0.25, 0.3) is 22.3 Å². The molecule has 10 heteroatoms. The average Bonchev–Trinajstić information content (AvgIpc) is 2.94. The average molecular weight is 793 g/mol. The molecule has 42 heavy (non-hydrogen) atoms. The number of para-hydroxylation sites is 1. The number of hydrogen-bond acceptors (Lipinski definition) is 7. The molecule has 0 spiro atoms. The van der Waals surface area contributed by atoms with Gasteiger partial charge in [0, 0.05) is 5.56 Å². The highest BCUT2D eigenvalue weighted by Crippen LogP contribution is 2.34. The van der Waals surface area contributed by atoms with Crippen LogP contribution in [-0.4, -0.2) is 41.2 Å². The second-order valence-corrected chi connectivity index (χ2v) is 12.3. The fraction of sp³-hybridized carbons (Fsp3) is 0.312. The number of halogens is 2. The number of benzene rings is 3. The van der Waals surface area contributed by atoms with Crippen LogP contribution in [0.15, 0.2) is 58.4 Å². The normalized spacial score (nSPS) is 12.2. The molecule has 1 heterocycles. The molecule has 0 aliphatic rings. The van der Waals surface area contributed by atoms with Crippen molar-refractivity contribution in [2.75, 3.05) is 13.2 Å². The van der Waals surface area contributed by atoms with Crippen LogP contribution in [-0.2, 0) is 9.53 Å². The summed E-state index contributed by atoms with van der Waals surface area (Å²) in [6, 6.07) is 15.1. The number of nitrogens with zero attached hydrogens (tertiary/aromatic N) is 3. The Labute approximate surface area is 272 Å². The first-order valence-corrected chi connectivity index (χ1v) is 15.9. The van der Waals surface area contributed by atoms with E-state index < -0.39 is 12.1 Å². The fourth-order valence-electron chi connectivity index (χ4n) is 4.45. The minimum atomic E-state index is -0.746. The molecule has 0 aliphatic carbocycles. The van der Waals surface area contributed by atoms with Gasteiger partial charge in [0.2, 0.25) is 0 Å². The molecule has 4 aromatic rings. The second kappa shape index (κ2) is 14.0. The largest absolute Gasteiger partial charge is 0.494 e. The van der Waals surface area contributed by atoms with Gasteiger partial charge < -0.3 is 14.2 Å². The summed E-state index contributed by atoms with van der Waals surface area (Å²) in [6.07, 6.45) is 0.890. The van der Waals surface area contributed by atoms with E-state index in [9.17, 15) is 9.59 Å². The number of aryl methyl sites for hydroxylation is 1. The molecule has 3 aromatic carbocycles. The summed E-state index contributed by atoms with van der Waals surface area (Å²) < 4.78 is 19.9. The first-order chi connectivity index (χ1) is 20.0. The van der Waals surface area contributed by atoms with E-state index in [1.54, 1.807) is 26.1 Å². The van der Waals surface area contributed by atoms with Crippen LogP contribution in [0.2, 0.25) is 0 Å². The van der Waals surface area contributed by atoms with E-state index in [1.165, 1.54) is 4.68 Å². The number of esters is 1. The monoisotopic (exact) mass is 793 g/mol. The molecule has 0 N–H and O–H groups in total. The van der Waals surface area contributed by atoms with Crippen LogP contribution in [0.5, 0.6) is 11.5 Å². The topological polar surface area (TPSA) is 92.0 Å². The van der Waals surface area contributed by atoms with E-state index in [1.807, 2.05) is 50.2 Å². The predicted octanol–water partition coefficient (Wildman–Crippen LogP) is 7.32. The number of carbonyl (C=O) groups excluding carboxylic acids is 1. The Hall–Kier alpha value is -3.00. The number of hydrogen-bond donors (Lipinski definition) is 0. The molecule has 0 aliphatic heterocycles. The van der Waals surface area contributed by atoms with Crippen LogP contribution in [0.3, 0.4) is 0 Å². The van der Waals surface area contributed by atoms with Gasteiger partial charge in [0.05, 0.1) is 37.5 Å². The van der Waals surface area contributed by atoms with Gasteiger partial charge >= 0.3 is 5.97 Å². The maximum absolute atomic E-state index is 13.8. The highest BCUT2D eigenvalue weighted by atomic mass is 127. The van der Waals surface area contributed by atoms with E-state index >= 15 is 0 Å². The Bertz CT molecular complexity index is 1690. The van der Waals surface area contributed by atoms with E-state index in [2.05, 4.69) is 70.2 Å². The van der Waals surface area contributed by atoms with Gasteiger partial charge in [-0.05, 0) is 132 Å². The molecule has 0 bridgehead atoms. The van der Waals surface area contributed by atoms with Crippen molar-refractivity contribution in [3.8, 4) is 22.9 Å². The van der Waals surface area contributed by atoms with Crippen LogP contribution < -0.4 is 15.0 Å². The lowest BCUT2D eigenvalue weighted by molar-refractivity contribution is -0.150. The first-order valence-electron chi connectivity index (χ1n) is 13.7. The molecule has 0 saturated carbocycles. The first kappa shape index (κ1) is 31.9. The lowest BCUT2D eigenvalue weighted by Gasteiger charge is -2.18. The van der Waals surface area contributed by atoms with Crippen molar-refractivity contribution in [3.63, 3.8) is 0 Å². The van der Waals surface area contributed by atoms with Gasteiger partial charge in [0.1, 0.15) is 11.5 Å². The van der Waals surface area contributed by atoms with Crippen LogP contribution >= 0.6 is 45.2 Å². The summed E-state index contributed by atoms with van der Waals surface area (Å²) in [5.41, 5.74) is 3.87. The maximum atomic E-state index is 13.8. The van der Waals surface area contributed by atoms with Crippen molar-refractivity contribution in [2.45, 2.75) is 53.6 Å². The van der Waals surface area contributed by atoms with Crippen molar-refractivity contribution in [1.82, 2.24) is 9.66 Å². The van der Waals surface area contributed by atoms with E-state index in [4.69, 9.17) is 19.2 Å². The van der Waals surface area contributed by atoms with Gasteiger partial charge in [-0.1, -0.05) is 26.0 Å². The summed E-state index contributed by atoms with van der Waals surface area (Å²) in [5.74, 6) is 1.65. The van der Waals surface area contributed by atoms with Crippen molar-refractivity contribution in [3.05, 3.63) is 82.7 Å². The highest BCUT2D eigenvalue weighted by Gasteiger charge is 2.20. The number of carbonyl (C=O) groups is 1. The molecular formula is C32H33I2N3O5. The Morgan fingerprint density at radius 1 is 1.05 bits per heavy atom. The van der Waals surface area contributed by atoms with Crippen molar-refractivity contribution >= 4 is 68.3 Å². The van der Waals surface area contributed by atoms with Crippen LogP contribution in [0.1, 0.15) is 57.2 Å². The third-order valence-electron chi connectivity index (χ3n) is 6.53. The van der Waals surface area contributed by atoms with E-state index in [0.717, 1.165) is 35.1 Å². The Balaban J connectivity index is 1.83. The summed E-state index contributed by atoms with van der Waals surface area (Å²) in [6.45, 7) is 12.4. The summed E-state index contributed by atoms with van der Waals surface area (Å²) in [7, 11) is 0. The number of ether oxygens (including phenoxy) is 3. The third kappa shape index (κ3) is 6.96. The highest BCUT2D eigenvalue weighted by molar-refractivity contribution is 14.1. The minimum Gasteiger partial charge on any atom is -0.494 e. The summed E-state index contributed by atoms with van der Waals surface area (Å²) in [5, 5.41) is 5.14. The van der Waals surface area contributed by atoms with Gasteiger partial charge in [-0.25, -0.2) is 9.78 Å². The quantitative estimate of drug-likeness (QED) is 0.0951. The Morgan fingerprint density at radius 3 is 2.38 bits per heavy atom. The molecule has 220 valence electrons. The van der Waals surface area contributed by atoms with E-state index in [0.29, 0.717) is 29.1 Å². The molecule has 0 radical (unpaired) electrons. The summed E-state index contributed by atoms with van der Waals surface area (Å²) in [4.78, 5) is 30.8. The maximum Gasteiger partial charge on any atom is 0.347 e. The number of aromatic nitrogens is 2. The zero-order valence-corrected chi connectivity index (χ0v) is 28.7. The van der Waals surface area contributed by atoms with Crippen molar-refractivity contribution in [2.24, 2.45) is 5.10 Å². The van der Waals surface area contributed by atoms with Gasteiger partial charge in [-0.2, -0.15) is 9.78 Å². The van der Waals surface area contributed by atoms with Gasteiger partial charge in [-0.15, -0.1) is 0 Å². The summed E-state index contributed by atoms with van der Waals surface area (Å²) >= 11 is 4.33. The minimum absolute atomic E-state index is 0.200. The second-order valence-electron chi connectivity index (χ2n) is 9.93. The zero-order chi connectivity index (χ0) is 30.6. The predicted molar refractivity (Wildman–Crippen MR) is 183 cm³/mol. The molecule has 8 nitrogen and oxygen atoms in total. The fourth-order valence-corrected chi connectivity index (χ4v) is 6.52. The van der Waals surface area contributed by atoms with Crippen LogP contribution in [0.4, 0.5) is 0 Å². The van der Waals surface area contributed by atoms with Crippen LogP contribution in [0, 0.1) is 14.1 Å². The molecule has 0 saturated heterocycles. The standard InChI is InChI=1S/C32H33I2N3O5/c1-7-40-28-13-19(5)24(16-23(28)18(3)4)30-36-27-12-10-9-11-22(27)31(38)37(30)35-17-21-14-25(33)29(26(34)15-21)42-20(6)32(39)41-8-2/h9-18,20H,7-8H2,1-6H3/t20-/m0/s1. The van der Waals surface area contributed by atoms with E-state index in [-0.39, 0.29) is 18.1 Å². The molecule has 0 amide bonds. The number of rotatable bonds is 10.